The van der Waals surface area contributed by atoms with Crippen LogP contribution in [0.3, 0.4) is 0 Å². The maximum Gasteiger partial charge on any atom is 0.348 e. The molecule has 3 aromatic rings. The van der Waals surface area contributed by atoms with Crippen LogP contribution in [0, 0.1) is 6.92 Å². The molecule has 0 saturated carbocycles. The van der Waals surface area contributed by atoms with E-state index < -0.39 is 5.69 Å². The maximum absolute atomic E-state index is 12.2. The number of carbonyl (C=O) groups excluding carboxylic acids is 1. The molecular weight excluding hydrogens is 288 g/mol. The van der Waals surface area contributed by atoms with E-state index in [-0.39, 0.29) is 12.3 Å². The van der Waals surface area contributed by atoms with Crippen molar-refractivity contribution in [3.63, 3.8) is 0 Å². The quantitative estimate of drug-likeness (QED) is 0.696. The average Bonchev–Trinajstić information content (AvgIpc) is 2.58. The van der Waals surface area contributed by atoms with Crippen molar-refractivity contribution in [3.8, 4) is 11.3 Å². The standard InChI is InChI=1S/C19H16N2O2/c1-14-7-9-15(10-8-14)17-11-12-21(19(23)20-17)13-18(22)16-5-3-2-4-6-16/h2-12H,13H2,1H3. The largest absolute Gasteiger partial charge is 0.348 e. The molecule has 0 fully saturated rings. The van der Waals surface area contributed by atoms with Crippen LogP contribution in [0.5, 0.6) is 0 Å². The average molecular weight is 304 g/mol. The van der Waals surface area contributed by atoms with Gasteiger partial charge in [0.25, 0.3) is 0 Å². The number of hydrogen-bond acceptors (Lipinski definition) is 3. The van der Waals surface area contributed by atoms with E-state index in [0.29, 0.717) is 11.3 Å². The Kier molecular flexibility index (Phi) is 4.15. The second kappa shape index (κ2) is 6.40. The van der Waals surface area contributed by atoms with Crippen molar-refractivity contribution < 1.29 is 4.79 Å². The summed E-state index contributed by atoms with van der Waals surface area (Å²) in [6.45, 7) is 1.99. The molecule has 0 aliphatic rings. The van der Waals surface area contributed by atoms with Gasteiger partial charge in [-0.25, -0.2) is 4.79 Å². The van der Waals surface area contributed by atoms with Gasteiger partial charge in [-0.15, -0.1) is 0 Å². The summed E-state index contributed by atoms with van der Waals surface area (Å²) >= 11 is 0. The first-order valence-electron chi connectivity index (χ1n) is 7.36. The van der Waals surface area contributed by atoms with Gasteiger partial charge in [0.15, 0.2) is 5.78 Å². The zero-order valence-electron chi connectivity index (χ0n) is 12.8. The van der Waals surface area contributed by atoms with E-state index in [4.69, 9.17) is 0 Å². The highest BCUT2D eigenvalue weighted by molar-refractivity contribution is 5.95. The summed E-state index contributed by atoms with van der Waals surface area (Å²) in [5.74, 6) is -0.113. The number of benzene rings is 2. The summed E-state index contributed by atoms with van der Waals surface area (Å²) in [5.41, 5.74) is 2.80. The Morgan fingerprint density at radius 2 is 1.70 bits per heavy atom. The number of hydrogen-bond donors (Lipinski definition) is 0. The van der Waals surface area contributed by atoms with Crippen LogP contribution in [0.4, 0.5) is 0 Å². The third kappa shape index (κ3) is 3.43. The lowest BCUT2D eigenvalue weighted by Crippen LogP contribution is -2.26. The van der Waals surface area contributed by atoms with Crippen LogP contribution in [0.25, 0.3) is 11.3 Å². The zero-order valence-corrected chi connectivity index (χ0v) is 12.8. The lowest BCUT2D eigenvalue weighted by atomic mass is 10.1. The predicted molar refractivity (Wildman–Crippen MR) is 89.4 cm³/mol. The fourth-order valence-corrected chi connectivity index (χ4v) is 2.30. The Labute approximate surface area is 134 Å². The van der Waals surface area contributed by atoms with Crippen LogP contribution in [-0.2, 0) is 6.54 Å². The number of aryl methyl sites for hydroxylation is 1. The summed E-state index contributed by atoms with van der Waals surface area (Å²) in [6, 6.07) is 18.5. The number of Topliss-reactive ketones (excluding diaryl/α,β-unsaturated/α-hetero) is 1. The molecule has 0 atom stereocenters. The molecule has 1 aromatic heterocycles. The van der Waals surface area contributed by atoms with Crippen molar-refractivity contribution in [3.05, 3.63) is 88.5 Å². The highest BCUT2D eigenvalue weighted by Gasteiger charge is 2.09. The minimum atomic E-state index is -0.424. The van der Waals surface area contributed by atoms with E-state index in [0.717, 1.165) is 11.1 Å². The molecule has 4 heteroatoms. The van der Waals surface area contributed by atoms with Crippen molar-refractivity contribution in [2.45, 2.75) is 13.5 Å². The summed E-state index contributed by atoms with van der Waals surface area (Å²) in [7, 11) is 0. The lowest BCUT2D eigenvalue weighted by Gasteiger charge is -2.06. The Bertz CT molecular complexity index is 881. The van der Waals surface area contributed by atoms with Crippen LogP contribution >= 0.6 is 0 Å². The molecular formula is C19H16N2O2. The first-order chi connectivity index (χ1) is 11.1. The van der Waals surface area contributed by atoms with Gasteiger partial charge in [0.2, 0.25) is 0 Å². The van der Waals surface area contributed by atoms with Gasteiger partial charge < -0.3 is 0 Å². The first kappa shape index (κ1) is 14.9. The van der Waals surface area contributed by atoms with Gasteiger partial charge in [-0.3, -0.25) is 9.36 Å². The van der Waals surface area contributed by atoms with E-state index in [1.807, 2.05) is 37.3 Å². The second-order valence-electron chi connectivity index (χ2n) is 5.38. The van der Waals surface area contributed by atoms with E-state index in [9.17, 15) is 9.59 Å². The van der Waals surface area contributed by atoms with Crippen molar-refractivity contribution in [2.24, 2.45) is 0 Å². The molecule has 3 rings (SSSR count). The Morgan fingerprint density at radius 3 is 2.35 bits per heavy atom. The summed E-state index contributed by atoms with van der Waals surface area (Å²) in [4.78, 5) is 28.4. The second-order valence-corrected chi connectivity index (χ2v) is 5.38. The monoisotopic (exact) mass is 304 g/mol. The molecule has 114 valence electrons. The topological polar surface area (TPSA) is 52.0 Å². The Hall–Kier alpha value is -3.01. The Balaban J connectivity index is 1.84. The number of nitrogens with zero attached hydrogens (tertiary/aromatic N) is 2. The van der Waals surface area contributed by atoms with Gasteiger partial charge in [-0.1, -0.05) is 60.2 Å². The number of aromatic nitrogens is 2. The van der Waals surface area contributed by atoms with Crippen molar-refractivity contribution in [1.29, 1.82) is 0 Å². The molecule has 0 radical (unpaired) electrons. The molecule has 2 aromatic carbocycles. The summed E-state index contributed by atoms with van der Waals surface area (Å²) in [6.07, 6.45) is 1.62. The van der Waals surface area contributed by atoms with Crippen molar-refractivity contribution in [1.82, 2.24) is 9.55 Å². The van der Waals surface area contributed by atoms with Gasteiger partial charge in [0.1, 0.15) is 0 Å². The smallest absolute Gasteiger partial charge is 0.292 e. The summed E-state index contributed by atoms with van der Waals surface area (Å²) in [5, 5.41) is 0. The molecule has 0 saturated heterocycles. The fourth-order valence-electron chi connectivity index (χ4n) is 2.30. The normalized spacial score (nSPS) is 10.5. The third-order valence-electron chi connectivity index (χ3n) is 3.63. The summed E-state index contributed by atoms with van der Waals surface area (Å²) < 4.78 is 1.33. The molecule has 0 amide bonds. The van der Waals surface area contributed by atoms with Gasteiger partial charge in [-0.2, -0.15) is 4.98 Å². The number of carbonyl (C=O) groups is 1. The molecule has 1 heterocycles. The van der Waals surface area contributed by atoms with E-state index in [1.165, 1.54) is 4.57 Å². The molecule has 0 spiro atoms. The molecule has 0 bridgehead atoms. The maximum atomic E-state index is 12.2. The van der Waals surface area contributed by atoms with Gasteiger partial charge >= 0.3 is 5.69 Å². The molecule has 23 heavy (non-hydrogen) atoms. The van der Waals surface area contributed by atoms with Crippen LogP contribution < -0.4 is 5.69 Å². The minimum Gasteiger partial charge on any atom is -0.292 e. The Morgan fingerprint density at radius 1 is 1.00 bits per heavy atom. The SMILES string of the molecule is Cc1ccc(-c2ccn(CC(=O)c3ccccc3)c(=O)n2)cc1. The molecule has 0 N–H and O–H groups in total. The molecule has 0 unspecified atom stereocenters. The minimum absolute atomic E-state index is 0.00990. The zero-order chi connectivity index (χ0) is 16.2. The van der Waals surface area contributed by atoms with E-state index in [1.54, 1.807) is 36.5 Å². The molecule has 4 nitrogen and oxygen atoms in total. The first-order valence-corrected chi connectivity index (χ1v) is 7.36. The fraction of sp³-hybridized carbons (Fsp3) is 0.105. The molecule has 0 aliphatic carbocycles. The van der Waals surface area contributed by atoms with E-state index in [2.05, 4.69) is 4.98 Å². The van der Waals surface area contributed by atoms with Crippen LogP contribution in [0.15, 0.2) is 71.7 Å². The third-order valence-corrected chi connectivity index (χ3v) is 3.63. The van der Waals surface area contributed by atoms with Crippen molar-refractivity contribution in [2.75, 3.05) is 0 Å². The van der Waals surface area contributed by atoms with Crippen LogP contribution in [0.1, 0.15) is 15.9 Å². The van der Waals surface area contributed by atoms with Crippen LogP contribution in [0.2, 0.25) is 0 Å². The molecule has 0 aliphatic heterocycles. The van der Waals surface area contributed by atoms with Gasteiger partial charge in [-0.05, 0) is 13.0 Å². The number of ketones is 1. The van der Waals surface area contributed by atoms with Gasteiger partial charge in [0.05, 0.1) is 12.2 Å². The van der Waals surface area contributed by atoms with E-state index >= 15 is 0 Å². The number of rotatable bonds is 4. The highest BCUT2D eigenvalue weighted by Crippen LogP contribution is 2.15. The van der Waals surface area contributed by atoms with Crippen molar-refractivity contribution >= 4 is 5.78 Å². The predicted octanol–water partition coefficient (Wildman–Crippen LogP) is 3.10. The van der Waals surface area contributed by atoms with Gasteiger partial charge in [0, 0.05) is 17.3 Å². The highest BCUT2D eigenvalue weighted by atomic mass is 16.2. The van der Waals surface area contributed by atoms with Crippen LogP contribution in [-0.4, -0.2) is 15.3 Å². The lowest BCUT2D eigenvalue weighted by molar-refractivity contribution is 0.0970.